The summed E-state index contributed by atoms with van der Waals surface area (Å²) in [5.74, 6) is 1.33. The van der Waals surface area contributed by atoms with E-state index in [4.69, 9.17) is 9.26 Å². The second-order valence-electron chi connectivity index (χ2n) is 6.82. The lowest BCUT2D eigenvalue weighted by Crippen LogP contribution is -2.48. The zero-order valence-electron chi connectivity index (χ0n) is 13.5. The first-order valence-corrected chi connectivity index (χ1v) is 7.52. The van der Waals surface area contributed by atoms with Crippen molar-refractivity contribution in [2.24, 2.45) is 0 Å². The molecule has 118 valence electrons. The van der Waals surface area contributed by atoms with E-state index in [2.05, 4.69) is 10.1 Å². The number of rotatable bonds is 3. The minimum Gasteiger partial charge on any atom is -0.372 e. The maximum Gasteiger partial charge on any atom is 0.227 e. The molecular weight excluding hydrogens is 270 g/mol. The molecule has 1 amide bonds. The zero-order chi connectivity index (χ0) is 15.6. The summed E-state index contributed by atoms with van der Waals surface area (Å²) in [4.78, 5) is 18.5. The number of aryl methyl sites for hydroxylation is 1. The number of hydrogen-bond acceptors (Lipinski definition) is 5. The predicted octanol–water partition coefficient (Wildman–Crippen LogP) is 1.94. The second-order valence-corrected chi connectivity index (χ2v) is 6.82. The van der Waals surface area contributed by atoms with Crippen molar-refractivity contribution in [2.45, 2.75) is 65.1 Å². The fourth-order valence-corrected chi connectivity index (χ4v) is 2.41. The summed E-state index contributed by atoms with van der Waals surface area (Å²) in [5.41, 5.74) is -0.138. The third-order valence-corrected chi connectivity index (χ3v) is 3.46. The third-order valence-electron chi connectivity index (χ3n) is 3.46. The van der Waals surface area contributed by atoms with E-state index in [-0.39, 0.29) is 23.5 Å². The lowest BCUT2D eigenvalue weighted by Gasteiger charge is -2.35. The molecule has 1 aliphatic heterocycles. The topological polar surface area (TPSA) is 68.5 Å². The van der Waals surface area contributed by atoms with Gasteiger partial charge in [0, 0.05) is 31.3 Å². The molecule has 2 rings (SSSR count). The molecular formula is C15H25N3O3. The number of aromatic nitrogens is 2. The van der Waals surface area contributed by atoms with Gasteiger partial charge in [0.2, 0.25) is 11.8 Å². The normalized spacial score (nSPS) is 23.4. The first-order valence-electron chi connectivity index (χ1n) is 7.52. The molecule has 0 radical (unpaired) electrons. The van der Waals surface area contributed by atoms with Crippen LogP contribution in [0.25, 0.3) is 0 Å². The number of nitrogens with zero attached hydrogens (tertiary/aromatic N) is 3. The van der Waals surface area contributed by atoms with Crippen molar-refractivity contribution < 1.29 is 14.1 Å². The number of morpholine rings is 1. The van der Waals surface area contributed by atoms with E-state index in [0.717, 1.165) is 0 Å². The Morgan fingerprint density at radius 2 is 1.90 bits per heavy atom. The van der Waals surface area contributed by atoms with E-state index >= 15 is 0 Å². The van der Waals surface area contributed by atoms with Crippen molar-refractivity contribution in [1.82, 2.24) is 15.0 Å². The molecule has 6 heteroatoms. The van der Waals surface area contributed by atoms with E-state index in [1.165, 1.54) is 0 Å². The molecule has 2 heterocycles. The van der Waals surface area contributed by atoms with Crippen molar-refractivity contribution in [3.8, 4) is 0 Å². The molecule has 0 saturated carbocycles. The zero-order valence-corrected chi connectivity index (χ0v) is 13.5. The quantitative estimate of drug-likeness (QED) is 0.852. The molecule has 1 aromatic rings. The van der Waals surface area contributed by atoms with Crippen LogP contribution in [0.15, 0.2) is 4.52 Å². The van der Waals surface area contributed by atoms with Gasteiger partial charge in [-0.25, -0.2) is 0 Å². The summed E-state index contributed by atoms with van der Waals surface area (Å²) < 4.78 is 10.8. The van der Waals surface area contributed by atoms with Crippen LogP contribution < -0.4 is 0 Å². The first-order chi connectivity index (χ1) is 9.75. The highest BCUT2D eigenvalue weighted by Crippen LogP contribution is 2.19. The summed E-state index contributed by atoms with van der Waals surface area (Å²) in [5, 5.41) is 3.97. The Kier molecular flexibility index (Phi) is 4.66. The highest BCUT2D eigenvalue weighted by atomic mass is 16.5. The molecule has 0 spiro atoms. The van der Waals surface area contributed by atoms with Gasteiger partial charge in [-0.15, -0.1) is 0 Å². The molecule has 0 aliphatic carbocycles. The first kappa shape index (κ1) is 15.9. The van der Waals surface area contributed by atoms with Gasteiger partial charge in [0.1, 0.15) is 0 Å². The average molecular weight is 295 g/mol. The molecule has 0 N–H and O–H groups in total. The molecule has 1 fully saturated rings. The Balaban J connectivity index is 1.88. The lowest BCUT2D eigenvalue weighted by molar-refractivity contribution is -0.143. The number of hydrogen-bond donors (Lipinski definition) is 0. The van der Waals surface area contributed by atoms with Gasteiger partial charge in [0.05, 0.1) is 12.2 Å². The van der Waals surface area contributed by atoms with Gasteiger partial charge in [-0.2, -0.15) is 4.98 Å². The van der Waals surface area contributed by atoms with Gasteiger partial charge in [0.25, 0.3) is 0 Å². The second kappa shape index (κ2) is 6.13. The maximum atomic E-state index is 12.2. The van der Waals surface area contributed by atoms with E-state index in [1.807, 2.05) is 39.5 Å². The monoisotopic (exact) mass is 295 g/mol. The van der Waals surface area contributed by atoms with Crippen LogP contribution in [0.3, 0.4) is 0 Å². The van der Waals surface area contributed by atoms with Gasteiger partial charge in [-0.3, -0.25) is 4.79 Å². The predicted molar refractivity (Wildman–Crippen MR) is 77.9 cm³/mol. The minimum atomic E-state index is -0.138. The fourth-order valence-electron chi connectivity index (χ4n) is 2.41. The Hall–Kier alpha value is -1.43. The minimum absolute atomic E-state index is 0.0913. The molecule has 0 aromatic carbocycles. The largest absolute Gasteiger partial charge is 0.372 e. The summed E-state index contributed by atoms with van der Waals surface area (Å²) in [7, 11) is 0. The Morgan fingerprint density at radius 1 is 1.29 bits per heavy atom. The van der Waals surface area contributed by atoms with E-state index < -0.39 is 0 Å². The molecule has 2 atom stereocenters. The Labute approximate surface area is 125 Å². The number of carbonyl (C=O) groups is 1. The van der Waals surface area contributed by atoms with Crippen molar-refractivity contribution in [3.63, 3.8) is 0 Å². The molecule has 1 saturated heterocycles. The highest BCUT2D eigenvalue weighted by molar-refractivity contribution is 5.76. The van der Waals surface area contributed by atoms with E-state index in [9.17, 15) is 4.79 Å². The van der Waals surface area contributed by atoms with Crippen LogP contribution in [0.5, 0.6) is 0 Å². The maximum absolute atomic E-state index is 12.2. The molecule has 1 aliphatic rings. The number of amides is 1. The van der Waals surface area contributed by atoms with E-state index in [0.29, 0.717) is 37.6 Å². The van der Waals surface area contributed by atoms with Crippen LogP contribution in [0.4, 0.5) is 0 Å². The van der Waals surface area contributed by atoms with Crippen molar-refractivity contribution >= 4 is 5.91 Å². The van der Waals surface area contributed by atoms with Crippen molar-refractivity contribution in [3.05, 3.63) is 11.7 Å². The third kappa shape index (κ3) is 4.27. The summed E-state index contributed by atoms with van der Waals surface area (Å²) in [6.07, 6.45) is 1.06. The van der Waals surface area contributed by atoms with Crippen molar-refractivity contribution in [1.29, 1.82) is 0 Å². The summed E-state index contributed by atoms with van der Waals surface area (Å²) in [6, 6.07) is 0. The van der Waals surface area contributed by atoms with Gasteiger partial charge in [-0.05, 0) is 13.8 Å². The number of carbonyl (C=O) groups excluding carboxylic acids is 1. The highest BCUT2D eigenvalue weighted by Gasteiger charge is 2.26. The van der Waals surface area contributed by atoms with Crippen LogP contribution in [0, 0.1) is 0 Å². The van der Waals surface area contributed by atoms with Crippen molar-refractivity contribution in [2.75, 3.05) is 13.1 Å². The summed E-state index contributed by atoms with van der Waals surface area (Å²) >= 11 is 0. The smallest absolute Gasteiger partial charge is 0.227 e. The van der Waals surface area contributed by atoms with Crippen LogP contribution in [0.1, 0.15) is 52.8 Å². The Morgan fingerprint density at radius 3 is 2.43 bits per heavy atom. The molecule has 0 bridgehead atoms. The average Bonchev–Trinajstić information content (AvgIpc) is 2.83. The van der Waals surface area contributed by atoms with Gasteiger partial charge in [0.15, 0.2) is 5.82 Å². The van der Waals surface area contributed by atoms with E-state index in [1.54, 1.807) is 0 Å². The van der Waals surface area contributed by atoms with Gasteiger partial charge in [-0.1, -0.05) is 25.9 Å². The molecule has 21 heavy (non-hydrogen) atoms. The number of ether oxygens (including phenoxy) is 1. The molecule has 2 unspecified atom stereocenters. The standard InChI is InChI=1S/C15H25N3O3/c1-10-8-18(9-11(2)20-10)13(19)7-6-12-16-14(17-21-12)15(3,4)5/h10-11H,6-9H2,1-5H3. The van der Waals surface area contributed by atoms with Crippen LogP contribution in [-0.4, -0.2) is 46.2 Å². The Bertz CT molecular complexity index is 483. The van der Waals surface area contributed by atoms with Crippen LogP contribution >= 0.6 is 0 Å². The molecule has 1 aromatic heterocycles. The van der Waals surface area contributed by atoms with Crippen LogP contribution in [0.2, 0.25) is 0 Å². The summed E-state index contributed by atoms with van der Waals surface area (Å²) in [6.45, 7) is 11.4. The van der Waals surface area contributed by atoms with Crippen LogP contribution in [-0.2, 0) is 21.4 Å². The van der Waals surface area contributed by atoms with Gasteiger partial charge >= 0.3 is 0 Å². The fraction of sp³-hybridized carbons (Fsp3) is 0.800. The molecule has 6 nitrogen and oxygen atoms in total. The SMILES string of the molecule is CC1CN(C(=O)CCc2nc(C(C)(C)C)no2)CC(C)O1. The lowest BCUT2D eigenvalue weighted by atomic mass is 9.96. The van der Waals surface area contributed by atoms with Gasteiger partial charge < -0.3 is 14.2 Å².